The zero-order chi connectivity index (χ0) is 14.5. The van der Waals surface area contributed by atoms with Crippen LogP contribution < -0.4 is 0 Å². The quantitative estimate of drug-likeness (QED) is 0.369. The highest BCUT2D eigenvalue weighted by Crippen LogP contribution is 2.11. The molecule has 2 atom stereocenters. The lowest BCUT2D eigenvalue weighted by molar-refractivity contribution is 0.00307. The molecular formula is C16H32O3. The minimum atomic E-state index is -0.514. The molecule has 0 spiro atoms. The molecule has 0 heterocycles. The van der Waals surface area contributed by atoms with E-state index in [1.54, 1.807) is 0 Å². The number of unbranched alkanes of at least 4 members (excludes halogenated alkanes) is 5. The largest absolute Gasteiger partial charge is 0.508 e. The molecule has 114 valence electrons. The molecule has 0 aromatic rings. The summed E-state index contributed by atoms with van der Waals surface area (Å²) in [6.07, 6.45) is 9.82. The predicted octanol–water partition coefficient (Wildman–Crippen LogP) is 5.47. The van der Waals surface area contributed by atoms with E-state index in [0.717, 1.165) is 25.7 Å². The van der Waals surface area contributed by atoms with Gasteiger partial charge in [0.1, 0.15) is 12.2 Å². The molecular weight excluding hydrogens is 240 g/mol. The van der Waals surface area contributed by atoms with Crippen molar-refractivity contribution in [2.75, 3.05) is 0 Å². The maximum Gasteiger partial charge on any atom is 0.508 e. The predicted molar refractivity (Wildman–Crippen MR) is 79.4 cm³/mol. The van der Waals surface area contributed by atoms with Crippen LogP contribution in [0.25, 0.3) is 0 Å². The minimum Gasteiger partial charge on any atom is -0.431 e. The molecule has 19 heavy (non-hydrogen) atoms. The van der Waals surface area contributed by atoms with Gasteiger partial charge in [0.15, 0.2) is 0 Å². The van der Waals surface area contributed by atoms with Crippen LogP contribution in [0.15, 0.2) is 0 Å². The third kappa shape index (κ3) is 12.1. The lowest BCUT2D eigenvalue weighted by atomic mass is 10.1. The van der Waals surface area contributed by atoms with Gasteiger partial charge in [0.2, 0.25) is 0 Å². The average Bonchev–Trinajstić information content (AvgIpc) is 2.33. The van der Waals surface area contributed by atoms with Crippen molar-refractivity contribution in [2.24, 2.45) is 0 Å². The monoisotopic (exact) mass is 272 g/mol. The number of ether oxygens (including phenoxy) is 2. The Labute approximate surface area is 119 Å². The fourth-order valence-electron chi connectivity index (χ4n) is 2.09. The molecule has 0 N–H and O–H groups in total. The summed E-state index contributed by atoms with van der Waals surface area (Å²) < 4.78 is 10.4. The molecule has 0 aromatic heterocycles. The van der Waals surface area contributed by atoms with E-state index in [0.29, 0.717) is 0 Å². The third-order valence-corrected chi connectivity index (χ3v) is 3.25. The number of carbonyl (C=O) groups excluding carboxylic acids is 1. The van der Waals surface area contributed by atoms with Crippen molar-refractivity contribution in [1.82, 2.24) is 0 Å². The first-order valence-electron chi connectivity index (χ1n) is 7.97. The molecule has 0 saturated heterocycles. The topological polar surface area (TPSA) is 35.5 Å². The highest BCUT2D eigenvalue weighted by Gasteiger charge is 2.13. The van der Waals surface area contributed by atoms with Gasteiger partial charge in [-0.15, -0.1) is 0 Å². The summed E-state index contributed by atoms with van der Waals surface area (Å²) in [5, 5.41) is 0. The summed E-state index contributed by atoms with van der Waals surface area (Å²) in [5.74, 6) is 0. The molecule has 3 nitrogen and oxygen atoms in total. The first-order chi connectivity index (χ1) is 9.10. The van der Waals surface area contributed by atoms with Crippen molar-refractivity contribution in [1.29, 1.82) is 0 Å². The van der Waals surface area contributed by atoms with Crippen LogP contribution in [-0.4, -0.2) is 18.4 Å². The van der Waals surface area contributed by atoms with Gasteiger partial charge in [-0.05, 0) is 33.1 Å². The fraction of sp³-hybridized carbons (Fsp3) is 0.938. The Bertz CT molecular complexity index is 216. The van der Waals surface area contributed by atoms with Crippen LogP contribution in [0.2, 0.25) is 0 Å². The zero-order valence-corrected chi connectivity index (χ0v) is 13.2. The third-order valence-electron chi connectivity index (χ3n) is 3.25. The second kappa shape index (κ2) is 12.3. The van der Waals surface area contributed by atoms with E-state index in [-0.39, 0.29) is 12.2 Å². The van der Waals surface area contributed by atoms with Crippen LogP contribution in [-0.2, 0) is 9.47 Å². The molecule has 0 saturated carbocycles. The van der Waals surface area contributed by atoms with Gasteiger partial charge in [-0.3, -0.25) is 0 Å². The molecule has 0 aliphatic heterocycles. The van der Waals surface area contributed by atoms with E-state index in [9.17, 15) is 4.79 Å². The normalized spacial score (nSPS) is 13.9. The van der Waals surface area contributed by atoms with E-state index in [2.05, 4.69) is 13.8 Å². The van der Waals surface area contributed by atoms with Gasteiger partial charge in [-0.1, -0.05) is 52.4 Å². The molecule has 0 aliphatic rings. The summed E-state index contributed by atoms with van der Waals surface area (Å²) in [7, 11) is 0. The van der Waals surface area contributed by atoms with E-state index in [1.165, 1.54) is 32.1 Å². The molecule has 0 amide bonds. The van der Waals surface area contributed by atoms with Crippen LogP contribution in [0.4, 0.5) is 4.79 Å². The number of hydrogen-bond donors (Lipinski definition) is 0. The number of rotatable bonds is 11. The van der Waals surface area contributed by atoms with E-state index >= 15 is 0 Å². The average molecular weight is 272 g/mol. The van der Waals surface area contributed by atoms with Gasteiger partial charge in [0.25, 0.3) is 0 Å². The molecule has 0 aliphatic carbocycles. The van der Waals surface area contributed by atoms with Gasteiger partial charge < -0.3 is 9.47 Å². The van der Waals surface area contributed by atoms with Gasteiger partial charge in [-0.25, -0.2) is 4.79 Å². The first kappa shape index (κ1) is 18.3. The van der Waals surface area contributed by atoms with Crippen molar-refractivity contribution < 1.29 is 14.3 Å². The van der Waals surface area contributed by atoms with Crippen LogP contribution in [0.3, 0.4) is 0 Å². The van der Waals surface area contributed by atoms with Crippen LogP contribution in [0, 0.1) is 0 Å². The van der Waals surface area contributed by atoms with Crippen molar-refractivity contribution in [3.63, 3.8) is 0 Å². The smallest absolute Gasteiger partial charge is 0.431 e. The summed E-state index contributed by atoms with van der Waals surface area (Å²) in [6, 6.07) is 0. The Morgan fingerprint density at radius 3 is 1.89 bits per heavy atom. The molecule has 0 radical (unpaired) electrons. The number of carbonyl (C=O) groups is 1. The van der Waals surface area contributed by atoms with Crippen molar-refractivity contribution in [2.45, 2.75) is 97.7 Å². The Morgan fingerprint density at radius 1 is 0.789 bits per heavy atom. The highest BCUT2D eigenvalue weighted by molar-refractivity contribution is 5.60. The Morgan fingerprint density at radius 2 is 1.32 bits per heavy atom. The van der Waals surface area contributed by atoms with Crippen LogP contribution in [0.1, 0.15) is 85.5 Å². The van der Waals surface area contributed by atoms with Crippen molar-refractivity contribution in [3.8, 4) is 0 Å². The first-order valence-corrected chi connectivity index (χ1v) is 7.97. The Balaban J connectivity index is 3.51. The highest BCUT2D eigenvalue weighted by atomic mass is 16.7. The SMILES string of the molecule is CCCCCCCCC(C)OC(=O)OC(C)CCC. The number of hydrogen-bond acceptors (Lipinski definition) is 3. The van der Waals surface area contributed by atoms with Crippen molar-refractivity contribution >= 4 is 6.16 Å². The maximum absolute atomic E-state index is 11.5. The molecule has 0 bridgehead atoms. The molecule has 0 fully saturated rings. The van der Waals surface area contributed by atoms with Crippen LogP contribution >= 0.6 is 0 Å². The van der Waals surface area contributed by atoms with E-state index < -0.39 is 6.16 Å². The lowest BCUT2D eigenvalue weighted by Crippen LogP contribution is -2.20. The summed E-state index contributed by atoms with van der Waals surface area (Å²) in [5.41, 5.74) is 0. The molecule has 3 heteroatoms. The second-order valence-electron chi connectivity index (χ2n) is 5.45. The Hall–Kier alpha value is -0.730. The summed E-state index contributed by atoms with van der Waals surface area (Å²) in [6.45, 7) is 8.15. The molecule has 2 unspecified atom stereocenters. The zero-order valence-electron chi connectivity index (χ0n) is 13.2. The summed E-state index contributed by atoms with van der Waals surface area (Å²) >= 11 is 0. The van der Waals surface area contributed by atoms with Gasteiger partial charge in [-0.2, -0.15) is 0 Å². The fourth-order valence-corrected chi connectivity index (χ4v) is 2.09. The molecule has 0 rings (SSSR count). The van der Waals surface area contributed by atoms with Crippen LogP contribution in [0.5, 0.6) is 0 Å². The van der Waals surface area contributed by atoms with Gasteiger partial charge in [0.05, 0.1) is 0 Å². The lowest BCUT2D eigenvalue weighted by Gasteiger charge is -2.16. The van der Waals surface area contributed by atoms with Crippen molar-refractivity contribution in [3.05, 3.63) is 0 Å². The van der Waals surface area contributed by atoms with E-state index in [4.69, 9.17) is 9.47 Å². The van der Waals surface area contributed by atoms with E-state index in [1.807, 2.05) is 13.8 Å². The van der Waals surface area contributed by atoms with Gasteiger partial charge in [0, 0.05) is 0 Å². The maximum atomic E-state index is 11.5. The Kier molecular flexibility index (Phi) is 11.8. The standard InChI is InChI=1S/C16H32O3/c1-5-7-8-9-10-11-13-15(4)19-16(17)18-14(3)12-6-2/h14-15H,5-13H2,1-4H3. The molecule has 0 aromatic carbocycles. The minimum absolute atomic E-state index is 0.0347. The second-order valence-corrected chi connectivity index (χ2v) is 5.45. The summed E-state index contributed by atoms with van der Waals surface area (Å²) in [4.78, 5) is 11.5. The van der Waals surface area contributed by atoms with Gasteiger partial charge >= 0.3 is 6.16 Å².